The molecule has 0 saturated carbocycles. The molecule has 3 nitrogen and oxygen atoms in total. The summed E-state index contributed by atoms with van der Waals surface area (Å²) in [6, 6.07) is 3.56. The largest absolute Gasteiger partial charge is 0.389 e. The Balaban J connectivity index is 2.80. The highest BCUT2D eigenvalue weighted by Gasteiger charge is 2.17. The molecular weight excluding hydrogens is 200 g/mol. The molecule has 0 bridgehead atoms. The quantitative estimate of drug-likeness (QED) is 0.836. The minimum absolute atomic E-state index is 0.490. The van der Waals surface area contributed by atoms with Crippen LogP contribution in [0, 0.1) is 0 Å². The van der Waals surface area contributed by atoms with Crippen molar-refractivity contribution in [2.75, 3.05) is 18.5 Å². The number of hydrogen-bond acceptors (Lipinski definition) is 3. The van der Waals surface area contributed by atoms with Gasteiger partial charge in [0.2, 0.25) is 0 Å². The standard InChI is InChI=1S/C10H15ClN2O/c1-10(2,14)7-13(3)9-8(11)5-4-6-12-9/h4-6,14H,7H2,1-3H3. The fourth-order valence-electron chi connectivity index (χ4n) is 1.31. The van der Waals surface area contributed by atoms with Crippen LogP contribution in [-0.4, -0.2) is 29.3 Å². The van der Waals surface area contributed by atoms with Crippen molar-refractivity contribution in [2.45, 2.75) is 19.4 Å². The second-order valence-corrected chi connectivity index (χ2v) is 4.38. The van der Waals surface area contributed by atoms with Gasteiger partial charge in [0.05, 0.1) is 10.6 Å². The zero-order valence-electron chi connectivity index (χ0n) is 8.66. The molecular formula is C10H15ClN2O. The first-order valence-electron chi connectivity index (χ1n) is 4.44. The number of nitrogens with zero attached hydrogens (tertiary/aromatic N) is 2. The third-order valence-corrected chi connectivity index (χ3v) is 2.02. The number of pyridine rings is 1. The van der Waals surface area contributed by atoms with Crippen LogP contribution in [0.5, 0.6) is 0 Å². The Hall–Kier alpha value is -0.800. The molecule has 0 amide bonds. The Morgan fingerprint density at radius 3 is 2.71 bits per heavy atom. The molecule has 78 valence electrons. The highest BCUT2D eigenvalue weighted by atomic mass is 35.5. The van der Waals surface area contributed by atoms with Crippen LogP contribution in [0.4, 0.5) is 5.82 Å². The summed E-state index contributed by atoms with van der Waals surface area (Å²) >= 11 is 5.96. The smallest absolute Gasteiger partial charge is 0.147 e. The molecule has 0 spiro atoms. The normalized spacial score (nSPS) is 11.5. The summed E-state index contributed by atoms with van der Waals surface area (Å²) in [7, 11) is 1.85. The van der Waals surface area contributed by atoms with Gasteiger partial charge < -0.3 is 10.0 Å². The van der Waals surface area contributed by atoms with Crippen molar-refractivity contribution in [3.8, 4) is 0 Å². The van der Waals surface area contributed by atoms with Crippen molar-refractivity contribution < 1.29 is 5.11 Å². The van der Waals surface area contributed by atoms with Gasteiger partial charge in [0, 0.05) is 19.8 Å². The van der Waals surface area contributed by atoms with Gasteiger partial charge >= 0.3 is 0 Å². The molecule has 0 unspecified atom stereocenters. The molecule has 0 atom stereocenters. The molecule has 0 aliphatic carbocycles. The minimum atomic E-state index is -0.754. The predicted octanol–water partition coefficient (Wildman–Crippen LogP) is 1.94. The number of aromatic nitrogens is 1. The van der Waals surface area contributed by atoms with E-state index in [-0.39, 0.29) is 0 Å². The molecule has 0 aliphatic rings. The van der Waals surface area contributed by atoms with E-state index in [2.05, 4.69) is 4.98 Å². The molecule has 1 aromatic rings. The van der Waals surface area contributed by atoms with Gasteiger partial charge in [-0.05, 0) is 26.0 Å². The first-order valence-corrected chi connectivity index (χ1v) is 4.82. The molecule has 0 aliphatic heterocycles. The van der Waals surface area contributed by atoms with Gasteiger partial charge in [-0.25, -0.2) is 4.98 Å². The highest BCUT2D eigenvalue weighted by Crippen LogP contribution is 2.22. The second kappa shape index (κ2) is 4.15. The summed E-state index contributed by atoms with van der Waals surface area (Å²) in [4.78, 5) is 5.98. The summed E-state index contributed by atoms with van der Waals surface area (Å²) < 4.78 is 0. The zero-order chi connectivity index (χ0) is 10.8. The fourth-order valence-corrected chi connectivity index (χ4v) is 1.58. The lowest BCUT2D eigenvalue weighted by Crippen LogP contribution is -2.36. The van der Waals surface area contributed by atoms with E-state index in [0.717, 1.165) is 0 Å². The number of rotatable bonds is 3. The van der Waals surface area contributed by atoms with Crippen LogP contribution in [0.15, 0.2) is 18.3 Å². The van der Waals surface area contributed by atoms with E-state index in [9.17, 15) is 5.11 Å². The van der Waals surface area contributed by atoms with E-state index >= 15 is 0 Å². The van der Waals surface area contributed by atoms with Gasteiger partial charge in [0.15, 0.2) is 0 Å². The molecule has 0 aromatic carbocycles. The monoisotopic (exact) mass is 214 g/mol. The van der Waals surface area contributed by atoms with Crippen LogP contribution in [0.25, 0.3) is 0 Å². The molecule has 1 heterocycles. The maximum atomic E-state index is 9.63. The van der Waals surface area contributed by atoms with E-state index < -0.39 is 5.60 Å². The summed E-state index contributed by atoms with van der Waals surface area (Å²) in [5.41, 5.74) is -0.754. The summed E-state index contributed by atoms with van der Waals surface area (Å²) in [6.45, 7) is 3.99. The van der Waals surface area contributed by atoms with E-state index in [1.807, 2.05) is 11.9 Å². The van der Waals surface area contributed by atoms with Crippen molar-refractivity contribution in [2.24, 2.45) is 0 Å². The molecule has 0 radical (unpaired) electrons. The van der Waals surface area contributed by atoms with Crippen molar-refractivity contribution in [1.29, 1.82) is 0 Å². The van der Waals surface area contributed by atoms with Gasteiger partial charge in [0.1, 0.15) is 5.82 Å². The lowest BCUT2D eigenvalue weighted by Gasteiger charge is -2.26. The molecule has 14 heavy (non-hydrogen) atoms. The van der Waals surface area contributed by atoms with Gasteiger partial charge in [0.25, 0.3) is 0 Å². The van der Waals surface area contributed by atoms with Gasteiger partial charge in [-0.3, -0.25) is 0 Å². The van der Waals surface area contributed by atoms with Crippen LogP contribution >= 0.6 is 11.6 Å². The summed E-state index contributed by atoms with van der Waals surface area (Å²) in [5, 5.41) is 10.2. The molecule has 1 aromatic heterocycles. The van der Waals surface area contributed by atoms with Gasteiger partial charge in [-0.2, -0.15) is 0 Å². The average Bonchev–Trinajstić information content (AvgIpc) is 2.01. The van der Waals surface area contributed by atoms with Crippen molar-refractivity contribution >= 4 is 17.4 Å². The van der Waals surface area contributed by atoms with Crippen LogP contribution in [0.1, 0.15) is 13.8 Å². The Morgan fingerprint density at radius 2 is 2.21 bits per heavy atom. The lowest BCUT2D eigenvalue weighted by atomic mass is 10.1. The van der Waals surface area contributed by atoms with Crippen molar-refractivity contribution in [3.05, 3.63) is 23.4 Å². The number of likely N-dealkylation sites (N-methyl/N-ethyl adjacent to an activating group) is 1. The van der Waals surface area contributed by atoms with Crippen LogP contribution in [0.3, 0.4) is 0 Å². The van der Waals surface area contributed by atoms with Crippen molar-refractivity contribution in [3.63, 3.8) is 0 Å². The third-order valence-electron chi connectivity index (χ3n) is 1.72. The first-order chi connectivity index (χ1) is 6.40. The Kier molecular flexibility index (Phi) is 3.34. The second-order valence-electron chi connectivity index (χ2n) is 3.98. The van der Waals surface area contributed by atoms with Gasteiger partial charge in [-0.15, -0.1) is 0 Å². The highest BCUT2D eigenvalue weighted by molar-refractivity contribution is 6.32. The summed E-state index contributed by atoms with van der Waals surface area (Å²) in [6.07, 6.45) is 1.68. The SMILES string of the molecule is CN(CC(C)(C)O)c1ncccc1Cl. The van der Waals surface area contributed by atoms with Gasteiger partial charge in [-0.1, -0.05) is 11.6 Å². The van der Waals surface area contributed by atoms with Crippen molar-refractivity contribution in [1.82, 2.24) is 4.98 Å². The van der Waals surface area contributed by atoms with Crippen LogP contribution in [0.2, 0.25) is 5.02 Å². The maximum absolute atomic E-state index is 9.63. The third kappa shape index (κ3) is 3.16. The minimum Gasteiger partial charge on any atom is -0.389 e. The number of anilines is 1. The predicted molar refractivity (Wildman–Crippen MR) is 58.8 cm³/mol. The molecule has 4 heteroatoms. The average molecular weight is 215 g/mol. The molecule has 1 rings (SSSR count). The fraction of sp³-hybridized carbons (Fsp3) is 0.500. The lowest BCUT2D eigenvalue weighted by molar-refractivity contribution is 0.0884. The Morgan fingerprint density at radius 1 is 1.57 bits per heavy atom. The number of aliphatic hydroxyl groups is 1. The molecule has 1 N–H and O–H groups in total. The van der Waals surface area contributed by atoms with E-state index in [1.165, 1.54) is 0 Å². The van der Waals surface area contributed by atoms with E-state index in [4.69, 9.17) is 11.6 Å². The number of hydrogen-bond donors (Lipinski definition) is 1. The Bertz CT molecular complexity index is 309. The maximum Gasteiger partial charge on any atom is 0.147 e. The van der Waals surface area contributed by atoms with Crippen LogP contribution in [-0.2, 0) is 0 Å². The zero-order valence-corrected chi connectivity index (χ0v) is 9.41. The van der Waals surface area contributed by atoms with E-state index in [0.29, 0.717) is 17.4 Å². The number of halogens is 1. The summed E-state index contributed by atoms with van der Waals surface area (Å²) in [5.74, 6) is 0.691. The first kappa shape index (κ1) is 11.3. The van der Waals surface area contributed by atoms with E-state index in [1.54, 1.807) is 32.2 Å². The Labute approximate surface area is 89.3 Å². The van der Waals surface area contributed by atoms with Crippen LogP contribution < -0.4 is 4.90 Å². The molecule has 0 saturated heterocycles. The molecule has 0 fully saturated rings. The topological polar surface area (TPSA) is 36.4 Å².